The molecule has 1 N–H and O–H groups in total. The summed E-state index contributed by atoms with van der Waals surface area (Å²) in [5.41, 5.74) is 0.842. The van der Waals surface area contributed by atoms with Gasteiger partial charge in [-0.15, -0.1) is 13.2 Å². The lowest BCUT2D eigenvalue weighted by molar-refractivity contribution is -0.274. The van der Waals surface area contributed by atoms with Gasteiger partial charge in [0.05, 0.1) is 18.7 Å². The minimum absolute atomic E-state index is 0.0783. The van der Waals surface area contributed by atoms with Gasteiger partial charge in [0.25, 0.3) is 0 Å². The van der Waals surface area contributed by atoms with Gasteiger partial charge in [-0.05, 0) is 36.2 Å². The van der Waals surface area contributed by atoms with Crippen molar-refractivity contribution in [1.82, 2.24) is 14.8 Å². The van der Waals surface area contributed by atoms with Crippen LogP contribution in [0.5, 0.6) is 5.75 Å². The summed E-state index contributed by atoms with van der Waals surface area (Å²) in [5.74, 6) is -1.21. The van der Waals surface area contributed by atoms with E-state index in [1.165, 1.54) is 35.9 Å². The van der Waals surface area contributed by atoms with Gasteiger partial charge in [0.15, 0.2) is 17.3 Å². The summed E-state index contributed by atoms with van der Waals surface area (Å²) >= 11 is 0. The lowest BCUT2D eigenvalue weighted by Gasteiger charge is -2.12. The summed E-state index contributed by atoms with van der Waals surface area (Å²) in [7, 11) is 0. The number of nitriles is 1. The van der Waals surface area contributed by atoms with Gasteiger partial charge in [-0.2, -0.15) is 10.4 Å². The molecule has 0 fully saturated rings. The van der Waals surface area contributed by atoms with Gasteiger partial charge in [-0.25, -0.2) is 9.37 Å². The van der Waals surface area contributed by atoms with E-state index < -0.39 is 18.1 Å². The minimum Gasteiger partial charge on any atom is -0.406 e. The van der Waals surface area contributed by atoms with Crippen molar-refractivity contribution in [3.05, 3.63) is 70.9 Å². The van der Waals surface area contributed by atoms with E-state index in [-0.39, 0.29) is 35.8 Å². The number of aromatic nitrogens is 3. The van der Waals surface area contributed by atoms with E-state index in [4.69, 9.17) is 5.26 Å². The number of anilines is 1. The molecule has 1 amide bonds. The zero-order chi connectivity index (χ0) is 22.6. The molecule has 1 aromatic carbocycles. The van der Waals surface area contributed by atoms with Crippen molar-refractivity contribution in [1.29, 1.82) is 5.26 Å². The lowest BCUT2D eigenvalue weighted by atomic mass is 10.1. The Morgan fingerprint density at radius 2 is 2.03 bits per heavy atom. The van der Waals surface area contributed by atoms with Crippen molar-refractivity contribution in [3.8, 4) is 11.8 Å². The van der Waals surface area contributed by atoms with Crippen molar-refractivity contribution >= 4 is 11.7 Å². The number of alkyl halides is 3. The molecule has 7 nitrogen and oxygen atoms in total. The van der Waals surface area contributed by atoms with Gasteiger partial charge < -0.3 is 10.1 Å². The molecule has 11 heteroatoms. The summed E-state index contributed by atoms with van der Waals surface area (Å²) in [6.07, 6.45) is -3.30. The smallest absolute Gasteiger partial charge is 0.406 e. The zero-order valence-corrected chi connectivity index (χ0v) is 16.1. The van der Waals surface area contributed by atoms with Crippen LogP contribution in [0.1, 0.15) is 22.5 Å². The molecule has 2 heterocycles. The van der Waals surface area contributed by atoms with Gasteiger partial charge in [0, 0.05) is 12.3 Å². The molecule has 0 aliphatic carbocycles. The standard InChI is InChI=1S/C20H15F4N5O2/c1-12-8-13(2-5-17(12)31-20(22,23)24)9-19(30)27-18-6-7-29(28-18)11-14-3-4-15(21)16(10-25)26-14/h2-8H,9,11H2,1H3,(H,27,28,30). The molecular formula is C20H15F4N5O2. The fraction of sp³-hybridized carbons (Fsp3) is 0.200. The number of benzene rings is 1. The molecule has 0 aliphatic heterocycles. The fourth-order valence-corrected chi connectivity index (χ4v) is 2.76. The van der Waals surface area contributed by atoms with Crippen molar-refractivity contribution in [2.75, 3.05) is 5.32 Å². The number of ether oxygens (including phenoxy) is 1. The highest BCUT2D eigenvalue weighted by Gasteiger charge is 2.31. The van der Waals surface area contributed by atoms with Gasteiger partial charge in [0.2, 0.25) is 5.91 Å². The second-order valence-corrected chi connectivity index (χ2v) is 6.52. The third kappa shape index (κ3) is 6.02. The predicted octanol–water partition coefficient (Wildman–Crippen LogP) is 3.73. The number of nitrogens with zero attached hydrogens (tertiary/aromatic N) is 4. The number of hydrogen-bond donors (Lipinski definition) is 1. The van der Waals surface area contributed by atoms with Gasteiger partial charge in [0.1, 0.15) is 11.8 Å². The quantitative estimate of drug-likeness (QED) is 0.598. The van der Waals surface area contributed by atoms with Crippen LogP contribution in [-0.4, -0.2) is 27.0 Å². The third-order valence-corrected chi connectivity index (χ3v) is 4.07. The number of nitrogens with one attached hydrogen (secondary N) is 1. The van der Waals surface area contributed by atoms with Gasteiger partial charge in [-0.3, -0.25) is 9.48 Å². The highest BCUT2D eigenvalue weighted by Crippen LogP contribution is 2.26. The fourth-order valence-electron chi connectivity index (χ4n) is 2.76. The second-order valence-electron chi connectivity index (χ2n) is 6.52. The van der Waals surface area contributed by atoms with Crippen LogP contribution in [0.15, 0.2) is 42.6 Å². The van der Waals surface area contributed by atoms with Crippen LogP contribution in [0.25, 0.3) is 0 Å². The van der Waals surface area contributed by atoms with Gasteiger partial charge in [-0.1, -0.05) is 12.1 Å². The average molecular weight is 433 g/mol. The minimum atomic E-state index is -4.79. The topological polar surface area (TPSA) is 92.8 Å². The number of rotatable bonds is 6. The maximum absolute atomic E-state index is 13.3. The normalized spacial score (nSPS) is 11.1. The molecule has 3 aromatic rings. The van der Waals surface area contributed by atoms with E-state index in [1.807, 2.05) is 0 Å². The monoisotopic (exact) mass is 433 g/mol. The number of halogens is 4. The largest absolute Gasteiger partial charge is 0.573 e. The van der Waals surface area contributed by atoms with Crippen LogP contribution < -0.4 is 10.1 Å². The summed E-state index contributed by atoms with van der Waals surface area (Å²) in [6, 6.07) is 9.73. The zero-order valence-electron chi connectivity index (χ0n) is 16.1. The Bertz CT molecular complexity index is 1150. The Morgan fingerprint density at radius 3 is 2.71 bits per heavy atom. The van der Waals surface area contributed by atoms with E-state index in [0.717, 1.165) is 12.1 Å². The summed E-state index contributed by atoms with van der Waals surface area (Å²) in [5, 5.41) is 15.6. The number of carbonyl (C=O) groups is 1. The second kappa shape index (κ2) is 8.83. The molecule has 2 aromatic heterocycles. The molecule has 0 radical (unpaired) electrons. The molecule has 0 saturated carbocycles. The lowest BCUT2D eigenvalue weighted by Crippen LogP contribution is -2.18. The number of aryl methyl sites for hydroxylation is 1. The van der Waals surface area contributed by atoms with E-state index in [1.54, 1.807) is 12.3 Å². The molecule has 0 bridgehead atoms. The van der Waals surface area contributed by atoms with E-state index in [2.05, 4.69) is 20.1 Å². The molecule has 160 valence electrons. The molecule has 0 saturated heterocycles. The highest BCUT2D eigenvalue weighted by atomic mass is 19.4. The number of amides is 1. The SMILES string of the molecule is Cc1cc(CC(=O)Nc2ccn(Cc3ccc(F)c(C#N)n3)n2)ccc1OC(F)(F)F. The first-order valence-electron chi connectivity index (χ1n) is 8.87. The molecular weight excluding hydrogens is 418 g/mol. The molecule has 0 spiro atoms. The van der Waals surface area contributed by atoms with Crippen LogP contribution in [0, 0.1) is 24.1 Å². The summed E-state index contributed by atoms with van der Waals surface area (Å²) in [4.78, 5) is 16.1. The van der Waals surface area contributed by atoms with Crippen LogP contribution in [-0.2, 0) is 17.8 Å². The average Bonchev–Trinajstić information content (AvgIpc) is 3.11. The van der Waals surface area contributed by atoms with E-state index in [0.29, 0.717) is 11.3 Å². The van der Waals surface area contributed by atoms with Crippen LogP contribution in [0.4, 0.5) is 23.4 Å². The van der Waals surface area contributed by atoms with Crippen molar-refractivity contribution in [2.45, 2.75) is 26.3 Å². The maximum atomic E-state index is 13.3. The van der Waals surface area contributed by atoms with Crippen molar-refractivity contribution < 1.29 is 27.1 Å². The first-order chi connectivity index (χ1) is 14.6. The van der Waals surface area contributed by atoms with Crippen LogP contribution in [0.3, 0.4) is 0 Å². The Morgan fingerprint density at radius 1 is 1.26 bits per heavy atom. The number of hydrogen-bond acceptors (Lipinski definition) is 5. The first kappa shape index (κ1) is 21.8. The predicted molar refractivity (Wildman–Crippen MR) is 100 cm³/mol. The number of pyridine rings is 1. The van der Waals surface area contributed by atoms with E-state index >= 15 is 0 Å². The molecule has 31 heavy (non-hydrogen) atoms. The molecule has 0 aliphatic rings. The first-order valence-corrected chi connectivity index (χ1v) is 8.87. The van der Waals surface area contributed by atoms with E-state index in [9.17, 15) is 22.4 Å². The molecule has 3 rings (SSSR count). The van der Waals surface area contributed by atoms with Gasteiger partial charge >= 0.3 is 6.36 Å². The van der Waals surface area contributed by atoms with Crippen LogP contribution in [0.2, 0.25) is 0 Å². The third-order valence-electron chi connectivity index (χ3n) is 4.07. The van der Waals surface area contributed by atoms with Crippen molar-refractivity contribution in [3.63, 3.8) is 0 Å². The highest BCUT2D eigenvalue weighted by molar-refractivity contribution is 5.91. The Kier molecular flexibility index (Phi) is 6.20. The summed E-state index contributed by atoms with van der Waals surface area (Å²) in [6.45, 7) is 1.61. The molecule has 0 unspecified atom stereocenters. The maximum Gasteiger partial charge on any atom is 0.573 e. The Balaban J connectivity index is 1.60. The van der Waals surface area contributed by atoms with Crippen LogP contribution >= 0.6 is 0 Å². The molecule has 0 atom stereocenters. The Labute approximate surface area is 173 Å². The number of carbonyl (C=O) groups excluding carboxylic acids is 1. The Hall–Kier alpha value is -3.94. The summed E-state index contributed by atoms with van der Waals surface area (Å²) < 4.78 is 55.7. The van der Waals surface area contributed by atoms with Crippen molar-refractivity contribution in [2.24, 2.45) is 0 Å².